The van der Waals surface area contributed by atoms with E-state index in [0.717, 1.165) is 66.8 Å². The number of nitrogens with one attached hydrogen (secondary N) is 1. The molecule has 1 aromatic heterocycles. The first kappa shape index (κ1) is 24.2. The monoisotopic (exact) mass is 479 g/mol. The van der Waals surface area contributed by atoms with Crippen LogP contribution >= 0.6 is 0 Å². The molecule has 7 nitrogen and oxygen atoms in total. The molecule has 1 aromatic carbocycles. The zero-order valence-corrected chi connectivity index (χ0v) is 21.1. The Kier molecular flexibility index (Phi) is 7.09. The third-order valence-electron chi connectivity index (χ3n) is 7.73. The first-order valence-corrected chi connectivity index (χ1v) is 12.9. The highest BCUT2D eigenvalue weighted by Gasteiger charge is 2.37. The molecule has 2 fully saturated rings. The molecule has 1 amide bonds. The molecule has 0 spiro atoms. The van der Waals surface area contributed by atoms with Crippen LogP contribution in [0.15, 0.2) is 36.5 Å². The van der Waals surface area contributed by atoms with Crippen molar-refractivity contribution in [2.24, 2.45) is 5.92 Å². The Morgan fingerprint density at radius 1 is 1.17 bits per heavy atom. The van der Waals surface area contributed by atoms with Crippen LogP contribution in [0.25, 0.3) is 0 Å². The molecule has 1 saturated carbocycles. The summed E-state index contributed by atoms with van der Waals surface area (Å²) in [6, 6.07) is 10.3. The van der Waals surface area contributed by atoms with Gasteiger partial charge in [0.25, 0.3) is 0 Å². The zero-order chi connectivity index (χ0) is 24.4. The minimum absolute atomic E-state index is 0.00351. The van der Waals surface area contributed by atoms with E-state index in [1.54, 1.807) is 13.3 Å². The van der Waals surface area contributed by atoms with Gasteiger partial charge in [-0.05, 0) is 63.3 Å². The summed E-state index contributed by atoms with van der Waals surface area (Å²) in [6.07, 6.45) is 7.42. The largest absolute Gasteiger partial charge is 0.381 e. The van der Waals surface area contributed by atoms with Crippen LogP contribution in [0, 0.1) is 5.92 Å². The Morgan fingerprint density at radius 3 is 2.66 bits per heavy atom. The van der Waals surface area contributed by atoms with Crippen LogP contribution in [0.2, 0.25) is 0 Å². The first-order valence-electron chi connectivity index (χ1n) is 12.9. The highest BCUT2D eigenvalue weighted by atomic mass is 16.5. The topological polar surface area (TPSA) is 72.9 Å². The van der Waals surface area contributed by atoms with Crippen LogP contribution in [-0.4, -0.2) is 43.4 Å². The maximum atomic E-state index is 14.0. The van der Waals surface area contributed by atoms with Crippen molar-refractivity contribution in [3.8, 4) is 0 Å². The summed E-state index contributed by atoms with van der Waals surface area (Å²) in [7, 11) is 1.77. The van der Waals surface area contributed by atoms with Crippen LogP contribution in [-0.2, 0) is 31.2 Å². The predicted octanol–water partition coefficient (Wildman–Crippen LogP) is 5.31. The van der Waals surface area contributed by atoms with Crippen molar-refractivity contribution >= 4 is 23.1 Å². The maximum absolute atomic E-state index is 14.0. The highest BCUT2D eigenvalue weighted by molar-refractivity contribution is 5.99. The van der Waals surface area contributed by atoms with E-state index in [1.807, 2.05) is 17.0 Å². The number of fused-ring (bicyclic) bond motifs is 2. The minimum atomic E-state index is -0.397. The molecule has 35 heavy (non-hydrogen) atoms. The lowest BCUT2D eigenvalue weighted by Gasteiger charge is -2.37. The lowest BCUT2D eigenvalue weighted by atomic mass is 9.84. The standard InChI is InChI=1S/C28H37N3O4/c1-19(2)35-23-9-6-20(7-10-23)27(32)31-18-21-5-4-14-29-26(21)30-24-11-8-22(17-25(24)31)28(33-3)12-15-34-16-13-28/h4-5,8,11,14,17,19-20,23H,6-7,9-10,12-13,15-16,18H2,1-3H3,(H,29,30). The van der Waals surface area contributed by atoms with Crippen LogP contribution in [0.4, 0.5) is 17.2 Å². The summed E-state index contributed by atoms with van der Waals surface area (Å²) in [4.78, 5) is 20.6. The third kappa shape index (κ3) is 4.95. The van der Waals surface area contributed by atoms with E-state index in [1.165, 1.54) is 0 Å². The molecular weight excluding hydrogens is 442 g/mol. The molecule has 5 rings (SSSR count). The number of hydrogen-bond acceptors (Lipinski definition) is 6. The number of hydrogen-bond donors (Lipinski definition) is 1. The number of anilines is 3. The molecule has 0 radical (unpaired) electrons. The summed E-state index contributed by atoms with van der Waals surface area (Å²) in [5.74, 6) is 0.984. The molecular formula is C28H37N3O4. The fourth-order valence-corrected chi connectivity index (χ4v) is 5.77. The van der Waals surface area contributed by atoms with Gasteiger partial charge in [-0.3, -0.25) is 4.79 Å². The first-order chi connectivity index (χ1) is 17.0. The lowest BCUT2D eigenvalue weighted by Crippen LogP contribution is -2.39. The smallest absolute Gasteiger partial charge is 0.230 e. The van der Waals surface area contributed by atoms with Gasteiger partial charge in [0.1, 0.15) is 5.82 Å². The number of aromatic nitrogens is 1. The van der Waals surface area contributed by atoms with Gasteiger partial charge in [0.15, 0.2) is 0 Å². The van der Waals surface area contributed by atoms with Crippen molar-refractivity contribution in [1.82, 2.24) is 4.98 Å². The quantitative estimate of drug-likeness (QED) is 0.627. The Hall–Kier alpha value is -2.48. The average molecular weight is 480 g/mol. The van der Waals surface area contributed by atoms with Crippen molar-refractivity contribution in [2.75, 3.05) is 30.5 Å². The summed E-state index contributed by atoms with van der Waals surface area (Å²) < 4.78 is 17.7. The Balaban J connectivity index is 1.48. The van der Waals surface area contributed by atoms with Gasteiger partial charge in [0, 0.05) is 50.8 Å². The number of rotatable bonds is 5. The molecule has 1 N–H and O–H groups in total. The molecule has 188 valence electrons. The number of benzene rings is 1. The molecule has 0 bridgehead atoms. The number of pyridine rings is 1. The number of carbonyl (C=O) groups excluding carboxylic acids is 1. The molecule has 2 aromatic rings. The van der Waals surface area contributed by atoms with Crippen LogP contribution in [0.1, 0.15) is 63.5 Å². The summed E-state index contributed by atoms with van der Waals surface area (Å²) in [5.41, 5.74) is 3.51. The number of ether oxygens (including phenoxy) is 3. The van der Waals surface area contributed by atoms with Gasteiger partial charge < -0.3 is 24.4 Å². The highest BCUT2D eigenvalue weighted by Crippen LogP contribution is 2.43. The number of nitrogens with zero attached hydrogens (tertiary/aromatic N) is 2. The Labute approximate surface area is 208 Å². The van der Waals surface area contributed by atoms with Crippen molar-refractivity contribution < 1.29 is 19.0 Å². The van der Waals surface area contributed by atoms with E-state index in [9.17, 15) is 4.79 Å². The normalized spacial score (nSPS) is 23.7. The molecule has 3 heterocycles. The Bertz CT molecular complexity index is 1040. The van der Waals surface area contributed by atoms with E-state index >= 15 is 0 Å². The van der Waals surface area contributed by atoms with E-state index < -0.39 is 5.60 Å². The molecule has 1 aliphatic carbocycles. The SMILES string of the molecule is COC1(c2ccc3c(c2)N(C(=O)C2CCC(OC(C)C)CC2)Cc2cccnc2N3)CCOCC1. The molecule has 3 aliphatic rings. The zero-order valence-electron chi connectivity index (χ0n) is 21.1. The summed E-state index contributed by atoms with van der Waals surface area (Å²) in [6.45, 7) is 5.99. The molecule has 7 heteroatoms. The van der Waals surface area contributed by atoms with Gasteiger partial charge in [-0.25, -0.2) is 4.98 Å². The van der Waals surface area contributed by atoms with E-state index in [4.69, 9.17) is 14.2 Å². The third-order valence-corrected chi connectivity index (χ3v) is 7.73. The molecule has 0 atom stereocenters. The fraction of sp³-hybridized carbons (Fsp3) is 0.571. The van der Waals surface area contributed by atoms with Gasteiger partial charge in [0.2, 0.25) is 5.91 Å². The number of methoxy groups -OCH3 is 1. The van der Waals surface area contributed by atoms with E-state index in [-0.39, 0.29) is 24.0 Å². The maximum Gasteiger partial charge on any atom is 0.230 e. The van der Waals surface area contributed by atoms with Crippen molar-refractivity contribution in [3.63, 3.8) is 0 Å². The molecule has 1 saturated heterocycles. The summed E-state index contributed by atoms with van der Waals surface area (Å²) >= 11 is 0. The van der Waals surface area contributed by atoms with Crippen molar-refractivity contribution in [1.29, 1.82) is 0 Å². The van der Waals surface area contributed by atoms with Gasteiger partial charge in [-0.15, -0.1) is 0 Å². The Morgan fingerprint density at radius 2 is 1.94 bits per heavy atom. The minimum Gasteiger partial charge on any atom is -0.381 e. The van der Waals surface area contributed by atoms with Crippen LogP contribution in [0.5, 0.6) is 0 Å². The second kappa shape index (κ2) is 10.2. The number of amides is 1. The lowest BCUT2D eigenvalue weighted by molar-refractivity contribution is -0.124. The van der Waals surface area contributed by atoms with Gasteiger partial charge in [-0.2, -0.15) is 0 Å². The van der Waals surface area contributed by atoms with E-state index in [2.05, 4.69) is 42.3 Å². The number of carbonyl (C=O) groups is 1. The van der Waals surface area contributed by atoms with E-state index in [0.29, 0.717) is 19.8 Å². The second-order valence-electron chi connectivity index (χ2n) is 10.3. The second-order valence-corrected chi connectivity index (χ2v) is 10.3. The van der Waals surface area contributed by atoms with Crippen LogP contribution in [0.3, 0.4) is 0 Å². The molecule has 2 aliphatic heterocycles. The fourth-order valence-electron chi connectivity index (χ4n) is 5.77. The van der Waals surface area contributed by atoms with Gasteiger partial charge in [-0.1, -0.05) is 12.1 Å². The summed E-state index contributed by atoms with van der Waals surface area (Å²) in [5, 5.41) is 3.49. The van der Waals surface area contributed by atoms with Gasteiger partial charge in [0.05, 0.1) is 35.7 Å². The van der Waals surface area contributed by atoms with Gasteiger partial charge >= 0.3 is 0 Å². The molecule has 0 unspecified atom stereocenters. The average Bonchev–Trinajstić information content (AvgIpc) is 3.05. The van der Waals surface area contributed by atoms with Crippen molar-refractivity contribution in [3.05, 3.63) is 47.7 Å². The predicted molar refractivity (Wildman–Crippen MR) is 136 cm³/mol. The van der Waals surface area contributed by atoms with Crippen LogP contribution < -0.4 is 10.2 Å². The van der Waals surface area contributed by atoms with Crippen molar-refractivity contribution in [2.45, 2.75) is 76.7 Å².